The molecule has 0 amide bonds. The Hall–Kier alpha value is -3.59. The van der Waals surface area contributed by atoms with E-state index in [-0.39, 0.29) is 13.1 Å². The average molecular weight is 490 g/mol. The third-order valence-electron chi connectivity index (χ3n) is 5.60. The minimum atomic E-state index is -4.44. The van der Waals surface area contributed by atoms with Gasteiger partial charge in [-0.2, -0.15) is 18.3 Å². The van der Waals surface area contributed by atoms with E-state index >= 15 is 0 Å². The van der Waals surface area contributed by atoms with Crippen molar-refractivity contribution >= 4 is 28.5 Å². The number of nitrogens with zero attached hydrogens (tertiary/aromatic N) is 3. The zero-order valence-electron chi connectivity index (χ0n) is 17.9. The molecule has 0 aliphatic rings. The van der Waals surface area contributed by atoms with Crippen molar-refractivity contribution in [2.75, 3.05) is 0 Å². The molecular weight excluding hydrogens is 471 g/mol. The third kappa shape index (κ3) is 4.84. The normalized spacial score (nSPS) is 11.8. The molecule has 0 saturated heterocycles. The number of benzene rings is 2. The summed E-state index contributed by atoms with van der Waals surface area (Å²) in [7, 11) is 0. The predicted octanol–water partition coefficient (Wildman–Crippen LogP) is 4.90. The molecule has 2 heterocycles. The minimum absolute atomic E-state index is 0.0103. The fraction of sp³-hybridized carbons (Fsp3) is 0.208. The Kier molecular flexibility index (Phi) is 6.22. The van der Waals surface area contributed by atoms with Crippen molar-refractivity contribution in [3.8, 4) is 0 Å². The van der Waals surface area contributed by atoms with Gasteiger partial charge in [-0.3, -0.25) is 9.59 Å². The molecule has 1 N–H and O–H groups in total. The van der Waals surface area contributed by atoms with Crippen LogP contribution in [0.3, 0.4) is 0 Å². The lowest BCUT2D eigenvalue weighted by Gasteiger charge is -2.10. The highest BCUT2D eigenvalue weighted by Crippen LogP contribution is 2.31. The summed E-state index contributed by atoms with van der Waals surface area (Å²) in [5.74, 6) is -0.982. The Bertz CT molecular complexity index is 1440. The van der Waals surface area contributed by atoms with Crippen LogP contribution in [0.2, 0.25) is 5.02 Å². The Balaban J connectivity index is 1.68. The number of halogens is 4. The van der Waals surface area contributed by atoms with Gasteiger partial charge in [0.2, 0.25) is 0 Å². The molecule has 0 fully saturated rings. The molecule has 0 spiro atoms. The smallest absolute Gasteiger partial charge is 0.416 e. The van der Waals surface area contributed by atoms with Crippen LogP contribution < -0.4 is 5.56 Å². The first-order valence-corrected chi connectivity index (χ1v) is 10.6. The lowest BCUT2D eigenvalue weighted by molar-refractivity contribution is -0.138. The van der Waals surface area contributed by atoms with Crippen LogP contribution in [-0.4, -0.2) is 25.4 Å². The number of carboxylic acids is 1. The molecule has 2 aromatic heterocycles. The van der Waals surface area contributed by atoms with E-state index in [0.717, 1.165) is 34.3 Å². The minimum Gasteiger partial charge on any atom is -0.480 e. The van der Waals surface area contributed by atoms with Gasteiger partial charge in [0.1, 0.15) is 6.54 Å². The van der Waals surface area contributed by atoms with Gasteiger partial charge in [0.15, 0.2) is 0 Å². The maximum atomic E-state index is 12.8. The highest BCUT2D eigenvalue weighted by molar-refractivity contribution is 6.31. The number of aromatic nitrogens is 3. The average Bonchev–Trinajstić information content (AvgIpc) is 3.00. The molecular formula is C24H19ClF3N3O3. The van der Waals surface area contributed by atoms with Crippen molar-refractivity contribution in [3.63, 3.8) is 0 Å². The zero-order chi connectivity index (χ0) is 24.6. The topological polar surface area (TPSA) is 77.1 Å². The predicted molar refractivity (Wildman–Crippen MR) is 121 cm³/mol. The summed E-state index contributed by atoms with van der Waals surface area (Å²) in [6.45, 7) is 1.60. The van der Waals surface area contributed by atoms with Crippen LogP contribution in [0.4, 0.5) is 13.2 Å². The number of hydrogen-bond acceptors (Lipinski definition) is 3. The summed E-state index contributed by atoms with van der Waals surface area (Å²) in [6.07, 6.45) is -4.13. The molecule has 0 saturated carbocycles. The Morgan fingerprint density at radius 3 is 2.44 bits per heavy atom. The van der Waals surface area contributed by atoms with Gasteiger partial charge >= 0.3 is 12.1 Å². The van der Waals surface area contributed by atoms with Gasteiger partial charge in [-0.05, 0) is 54.4 Å². The highest BCUT2D eigenvalue weighted by atomic mass is 35.5. The fourth-order valence-corrected chi connectivity index (χ4v) is 4.11. The number of fused-ring (bicyclic) bond motifs is 1. The van der Waals surface area contributed by atoms with Crippen LogP contribution in [-0.2, 0) is 30.5 Å². The third-order valence-corrected chi connectivity index (χ3v) is 5.84. The molecule has 6 nitrogen and oxygen atoms in total. The van der Waals surface area contributed by atoms with Crippen molar-refractivity contribution in [1.29, 1.82) is 0 Å². The maximum absolute atomic E-state index is 12.8. The van der Waals surface area contributed by atoms with Crippen molar-refractivity contribution in [2.24, 2.45) is 0 Å². The van der Waals surface area contributed by atoms with E-state index in [1.165, 1.54) is 22.9 Å². The number of hydrogen-bond donors (Lipinski definition) is 1. The number of carbonyl (C=O) groups is 1. The summed E-state index contributed by atoms with van der Waals surface area (Å²) in [5, 5.41) is 15.0. The first-order chi connectivity index (χ1) is 16.0. The van der Waals surface area contributed by atoms with Gasteiger partial charge in [-0.15, -0.1) is 0 Å². The summed E-state index contributed by atoms with van der Waals surface area (Å²) >= 11 is 6.18. The summed E-state index contributed by atoms with van der Waals surface area (Å²) in [5.41, 5.74) is 2.17. The summed E-state index contributed by atoms with van der Waals surface area (Å²) in [6, 6.07) is 12.7. The van der Waals surface area contributed by atoms with E-state index in [4.69, 9.17) is 11.6 Å². The second-order valence-corrected chi connectivity index (χ2v) is 8.33. The summed E-state index contributed by atoms with van der Waals surface area (Å²) < 4.78 is 41.3. The van der Waals surface area contributed by atoms with Gasteiger partial charge in [-0.1, -0.05) is 23.7 Å². The van der Waals surface area contributed by atoms with Crippen LogP contribution in [0.5, 0.6) is 0 Å². The molecule has 0 radical (unpaired) electrons. The fourth-order valence-electron chi connectivity index (χ4n) is 3.94. The lowest BCUT2D eigenvalue weighted by Crippen LogP contribution is -2.23. The van der Waals surface area contributed by atoms with Gasteiger partial charge in [-0.25, -0.2) is 4.68 Å². The van der Waals surface area contributed by atoms with Gasteiger partial charge in [0.05, 0.1) is 17.8 Å². The molecule has 0 aliphatic carbocycles. The monoisotopic (exact) mass is 489 g/mol. The number of rotatable bonds is 6. The standard InChI is InChI=1S/C24H19ClF3N3O3/c1-14-19(20-10-17(25)6-8-21(20)30(14)13-23(33)34)11-18-7-9-22(32)31(29-18)12-15-2-4-16(5-3-15)24(26,27)28/h2-10H,11-13H2,1H3,(H,33,34). The molecule has 2 aromatic carbocycles. The van der Waals surface area contributed by atoms with Crippen LogP contribution in [0, 0.1) is 6.92 Å². The quantitative estimate of drug-likeness (QED) is 0.418. The first-order valence-electron chi connectivity index (χ1n) is 10.2. The van der Waals surface area contributed by atoms with Crippen LogP contribution in [0.25, 0.3) is 10.9 Å². The van der Waals surface area contributed by atoms with Crippen molar-refractivity contribution in [1.82, 2.24) is 14.3 Å². The van der Waals surface area contributed by atoms with E-state index in [2.05, 4.69) is 5.10 Å². The van der Waals surface area contributed by atoms with E-state index in [9.17, 15) is 27.9 Å². The number of aliphatic carboxylic acids is 1. The highest BCUT2D eigenvalue weighted by Gasteiger charge is 2.30. The van der Waals surface area contributed by atoms with Crippen molar-refractivity contribution < 1.29 is 23.1 Å². The molecule has 0 bridgehead atoms. The van der Waals surface area contributed by atoms with E-state index in [0.29, 0.717) is 22.7 Å². The van der Waals surface area contributed by atoms with Crippen LogP contribution >= 0.6 is 11.6 Å². The van der Waals surface area contributed by atoms with Gasteiger partial charge in [0, 0.05) is 34.1 Å². The molecule has 4 aromatic rings. The second-order valence-electron chi connectivity index (χ2n) is 7.90. The molecule has 4 rings (SSSR count). The molecule has 0 aliphatic heterocycles. The second kappa shape index (κ2) is 8.98. The number of alkyl halides is 3. The largest absolute Gasteiger partial charge is 0.480 e. The lowest BCUT2D eigenvalue weighted by atomic mass is 10.1. The maximum Gasteiger partial charge on any atom is 0.416 e. The Morgan fingerprint density at radius 1 is 1.09 bits per heavy atom. The van der Waals surface area contributed by atoms with E-state index in [1.54, 1.807) is 28.8 Å². The Morgan fingerprint density at radius 2 is 1.79 bits per heavy atom. The molecule has 34 heavy (non-hydrogen) atoms. The van der Waals surface area contributed by atoms with Crippen LogP contribution in [0.15, 0.2) is 59.4 Å². The molecule has 176 valence electrons. The van der Waals surface area contributed by atoms with Crippen molar-refractivity contribution in [3.05, 3.63) is 98.1 Å². The van der Waals surface area contributed by atoms with Gasteiger partial charge < -0.3 is 9.67 Å². The summed E-state index contributed by atoms with van der Waals surface area (Å²) in [4.78, 5) is 23.7. The Labute approximate surface area is 196 Å². The van der Waals surface area contributed by atoms with Crippen LogP contribution in [0.1, 0.15) is 28.1 Å². The van der Waals surface area contributed by atoms with Crippen molar-refractivity contribution in [2.45, 2.75) is 32.6 Å². The molecule has 0 atom stereocenters. The molecule has 0 unspecified atom stereocenters. The first kappa shape index (κ1) is 23.6. The molecule has 10 heteroatoms. The SMILES string of the molecule is Cc1c(Cc2ccc(=O)n(Cc3ccc(C(F)(F)F)cc3)n2)c2cc(Cl)ccc2n1CC(=O)O. The van der Waals surface area contributed by atoms with Gasteiger partial charge in [0.25, 0.3) is 5.56 Å². The number of carboxylic acid groups (broad SMARTS) is 1. The van der Waals surface area contributed by atoms with E-state index < -0.39 is 23.3 Å². The van der Waals surface area contributed by atoms with E-state index in [1.807, 2.05) is 6.92 Å². The zero-order valence-corrected chi connectivity index (χ0v) is 18.7.